The van der Waals surface area contributed by atoms with Crippen LogP contribution < -0.4 is 21.9 Å². The van der Waals surface area contributed by atoms with Crippen LogP contribution in [-0.4, -0.2) is 7.11 Å². The summed E-state index contributed by atoms with van der Waals surface area (Å²) in [6, 6.07) is 35.0. The molecule has 0 fully saturated rings. The summed E-state index contributed by atoms with van der Waals surface area (Å²) < 4.78 is 4.92. The normalized spacial score (nSPS) is 8.97. The third-order valence-corrected chi connectivity index (χ3v) is 3.96. The van der Waals surface area contributed by atoms with Crippen molar-refractivity contribution >= 4 is 29.5 Å². The zero-order valence-electron chi connectivity index (χ0n) is 16.9. The molecule has 0 unspecified atom stereocenters. The maximum atomic E-state index is 5.60. The molecular formula is C25H28ClN3O. The van der Waals surface area contributed by atoms with Crippen LogP contribution >= 0.6 is 12.4 Å². The molecule has 0 saturated heterocycles. The van der Waals surface area contributed by atoms with Crippen LogP contribution in [0.3, 0.4) is 0 Å². The monoisotopic (exact) mass is 421 g/mol. The van der Waals surface area contributed by atoms with Crippen LogP contribution in [0.1, 0.15) is 0 Å². The van der Waals surface area contributed by atoms with Gasteiger partial charge < -0.3 is 21.9 Å². The van der Waals surface area contributed by atoms with Crippen LogP contribution in [0.25, 0.3) is 11.1 Å². The van der Waals surface area contributed by atoms with Gasteiger partial charge in [0.25, 0.3) is 0 Å². The molecule has 0 atom stereocenters. The zero-order chi connectivity index (χ0) is 20.9. The maximum Gasteiger partial charge on any atom is 0.141 e. The lowest BCUT2D eigenvalue weighted by atomic mass is 10.1. The molecule has 30 heavy (non-hydrogen) atoms. The Hall–Kier alpha value is -3.63. The van der Waals surface area contributed by atoms with E-state index in [1.54, 1.807) is 13.2 Å². The quantitative estimate of drug-likeness (QED) is 0.351. The lowest BCUT2D eigenvalue weighted by Crippen LogP contribution is -1.89. The van der Waals surface area contributed by atoms with E-state index in [2.05, 4.69) is 12.1 Å². The van der Waals surface area contributed by atoms with E-state index in [1.165, 1.54) is 11.1 Å². The van der Waals surface area contributed by atoms with E-state index in [0.29, 0.717) is 5.69 Å². The molecule has 0 aliphatic heterocycles. The van der Waals surface area contributed by atoms with Crippen LogP contribution in [-0.2, 0) is 0 Å². The Bertz CT molecular complexity index is 962. The molecule has 0 spiro atoms. The van der Waals surface area contributed by atoms with Gasteiger partial charge in [-0.05, 0) is 47.5 Å². The Morgan fingerprint density at radius 1 is 0.500 bits per heavy atom. The summed E-state index contributed by atoms with van der Waals surface area (Å²) in [5, 5.41) is 0. The van der Waals surface area contributed by atoms with Crippen LogP contribution in [0.4, 0.5) is 17.1 Å². The van der Waals surface area contributed by atoms with Gasteiger partial charge in [-0.3, -0.25) is 0 Å². The third kappa shape index (κ3) is 8.59. The van der Waals surface area contributed by atoms with Gasteiger partial charge in [0.2, 0.25) is 0 Å². The second kappa shape index (κ2) is 13.5. The Morgan fingerprint density at radius 2 is 0.933 bits per heavy atom. The van der Waals surface area contributed by atoms with Gasteiger partial charge in [-0.2, -0.15) is 0 Å². The fourth-order valence-corrected chi connectivity index (χ4v) is 2.43. The highest BCUT2D eigenvalue weighted by Gasteiger charge is 1.94. The van der Waals surface area contributed by atoms with Crippen LogP contribution in [0.15, 0.2) is 109 Å². The number of anilines is 3. The van der Waals surface area contributed by atoms with Crippen LogP contribution in [0.2, 0.25) is 0 Å². The number of nitrogen functional groups attached to an aromatic ring is 3. The number of benzene rings is 4. The number of halogens is 1. The van der Waals surface area contributed by atoms with Crippen molar-refractivity contribution in [1.29, 1.82) is 0 Å². The van der Waals surface area contributed by atoms with Crippen molar-refractivity contribution in [2.75, 3.05) is 24.3 Å². The average Bonchev–Trinajstić information content (AvgIpc) is 2.77. The molecule has 0 aliphatic carbocycles. The van der Waals surface area contributed by atoms with Crippen LogP contribution in [0, 0.1) is 0 Å². The fraction of sp³-hybridized carbons (Fsp3) is 0.0400. The summed E-state index contributed by atoms with van der Waals surface area (Å²) in [6.07, 6.45) is 0. The van der Waals surface area contributed by atoms with E-state index >= 15 is 0 Å². The minimum Gasteiger partial charge on any atom is -0.495 e. The SMILES string of the molecule is COc1ccccc1N.Cl.Nc1ccc(-c2ccccc2)cc1.Nc1ccccc1. The number of para-hydroxylation sites is 3. The van der Waals surface area contributed by atoms with Crippen LogP contribution in [0.5, 0.6) is 5.75 Å². The molecule has 0 heterocycles. The molecule has 0 radical (unpaired) electrons. The predicted octanol–water partition coefficient (Wildman–Crippen LogP) is 5.90. The Kier molecular flexibility index (Phi) is 11.0. The van der Waals surface area contributed by atoms with Crippen molar-refractivity contribution < 1.29 is 4.74 Å². The van der Waals surface area contributed by atoms with Crippen molar-refractivity contribution in [3.05, 3.63) is 109 Å². The van der Waals surface area contributed by atoms with Gasteiger partial charge in [-0.25, -0.2) is 0 Å². The molecule has 4 nitrogen and oxygen atoms in total. The first-order valence-electron chi connectivity index (χ1n) is 9.20. The van der Waals surface area contributed by atoms with E-state index in [0.717, 1.165) is 17.1 Å². The molecule has 0 bridgehead atoms. The van der Waals surface area contributed by atoms with Gasteiger partial charge in [0.1, 0.15) is 5.75 Å². The molecule has 6 N–H and O–H groups in total. The van der Waals surface area contributed by atoms with Crippen molar-refractivity contribution in [3.8, 4) is 16.9 Å². The van der Waals surface area contributed by atoms with Crippen molar-refractivity contribution in [2.24, 2.45) is 0 Å². The van der Waals surface area contributed by atoms with E-state index in [-0.39, 0.29) is 12.4 Å². The van der Waals surface area contributed by atoms with Crippen molar-refractivity contribution in [2.45, 2.75) is 0 Å². The van der Waals surface area contributed by atoms with Gasteiger partial charge in [0, 0.05) is 11.4 Å². The summed E-state index contributed by atoms with van der Waals surface area (Å²) in [5.74, 6) is 0.734. The molecule has 4 aromatic rings. The minimum atomic E-state index is 0. The van der Waals surface area contributed by atoms with E-state index < -0.39 is 0 Å². The van der Waals surface area contributed by atoms with Gasteiger partial charge in [-0.15, -0.1) is 12.4 Å². The summed E-state index contributed by atoms with van der Waals surface area (Å²) in [5.41, 5.74) is 21.2. The molecule has 0 saturated carbocycles. The molecule has 156 valence electrons. The molecule has 0 aliphatic rings. The summed E-state index contributed by atoms with van der Waals surface area (Å²) in [6.45, 7) is 0. The number of ether oxygens (including phenoxy) is 1. The minimum absolute atomic E-state index is 0. The van der Waals surface area contributed by atoms with Gasteiger partial charge in [0.05, 0.1) is 12.8 Å². The highest BCUT2D eigenvalue weighted by atomic mass is 35.5. The first-order valence-corrected chi connectivity index (χ1v) is 9.20. The third-order valence-electron chi connectivity index (χ3n) is 3.96. The predicted molar refractivity (Wildman–Crippen MR) is 132 cm³/mol. The lowest BCUT2D eigenvalue weighted by molar-refractivity contribution is 0.417. The smallest absolute Gasteiger partial charge is 0.141 e. The number of nitrogens with two attached hydrogens (primary N) is 3. The Morgan fingerprint density at radius 3 is 1.37 bits per heavy atom. The molecule has 5 heteroatoms. The Labute approximate surface area is 184 Å². The van der Waals surface area contributed by atoms with Gasteiger partial charge in [-0.1, -0.05) is 72.8 Å². The van der Waals surface area contributed by atoms with E-state index in [9.17, 15) is 0 Å². The number of hydrogen-bond donors (Lipinski definition) is 3. The van der Waals surface area contributed by atoms with Gasteiger partial charge in [0.15, 0.2) is 0 Å². The van der Waals surface area contributed by atoms with Gasteiger partial charge >= 0.3 is 0 Å². The lowest BCUT2D eigenvalue weighted by Gasteiger charge is -2.00. The number of rotatable bonds is 2. The number of methoxy groups -OCH3 is 1. The second-order valence-electron chi connectivity index (χ2n) is 6.14. The standard InChI is InChI=1S/C12H11N.C7H9NO.C6H7N.ClH/c13-12-8-6-11(7-9-12)10-4-2-1-3-5-10;1-9-7-5-3-2-4-6(7)8;7-6-4-2-1-3-5-6;/h1-9H,13H2;2-5H,8H2,1H3;1-5H,7H2;1H. The highest BCUT2D eigenvalue weighted by Crippen LogP contribution is 2.19. The first-order chi connectivity index (χ1) is 14.1. The average molecular weight is 422 g/mol. The highest BCUT2D eigenvalue weighted by molar-refractivity contribution is 5.85. The largest absolute Gasteiger partial charge is 0.495 e. The maximum absolute atomic E-state index is 5.60. The topological polar surface area (TPSA) is 87.3 Å². The molecule has 4 rings (SSSR count). The molecule has 0 amide bonds. The van der Waals surface area contributed by atoms with E-state index in [1.807, 2.05) is 91.0 Å². The number of hydrogen-bond acceptors (Lipinski definition) is 4. The summed E-state index contributed by atoms with van der Waals surface area (Å²) in [4.78, 5) is 0. The molecular weight excluding hydrogens is 394 g/mol. The fourth-order valence-electron chi connectivity index (χ4n) is 2.43. The van der Waals surface area contributed by atoms with E-state index in [4.69, 9.17) is 21.9 Å². The summed E-state index contributed by atoms with van der Waals surface area (Å²) >= 11 is 0. The summed E-state index contributed by atoms with van der Waals surface area (Å²) in [7, 11) is 1.60. The Balaban J connectivity index is 0.000000233. The second-order valence-corrected chi connectivity index (χ2v) is 6.14. The van der Waals surface area contributed by atoms with Crippen molar-refractivity contribution in [3.63, 3.8) is 0 Å². The molecule has 4 aromatic carbocycles. The molecule has 0 aromatic heterocycles. The zero-order valence-corrected chi connectivity index (χ0v) is 17.8. The first kappa shape index (κ1) is 24.4. The van der Waals surface area contributed by atoms with Crippen molar-refractivity contribution in [1.82, 2.24) is 0 Å².